The molecule has 1 aliphatic carbocycles. The molecule has 19 heavy (non-hydrogen) atoms. The van der Waals surface area contributed by atoms with Gasteiger partial charge in [-0.05, 0) is 51.2 Å². The number of amides is 1. The van der Waals surface area contributed by atoms with E-state index in [1.165, 1.54) is 16.7 Å². The maximum Gasteiger partial charge on any atom is 0.223 e. The Bertz CT molecular complexity index is 470. The molecule has 3 N–H and O–H groups in total. The lowest BCUT2D eigenvalue weighted by molar-refractivity contribution is -0.125. The molecule has 1 amide bonds. The van der Waals surface area contributed by atoms with E-state index in [9.17, 15) is 4.79 Å². The SMILES string of the molecule is Cc1ccc(C(C)NC(=O)C2CCC(N)C2)c(C)c1. The van der Waals surface area contributed by atoms with E-state index in [1.54, 1.807) is 0 Å². The Morgan fingerprint density at radius 1 is 1.37 bits per heavy atom. The van der Waals surface area contributed by atoms with Crippen LogP contribution in [0.1, 0.15) is 48.9 Å². The molecule has 1 aliphatic rings. The summed E-state index contributed by atoms with van der Waals surface area (Å²) in [7, 11) is 0. The molecule has 2 rings (SSSR count). The number of rotatable bonds is 3. The van der Waals surface area contributed by atoms with Gasteiger partial charge in [0.1, 0.15) is 0 Å². The molecular weight excluding hydrogens is 236 g/mol. The Kier molecular flexibility index (Phi) is 4.25. The second-order valence-corrected chi connectivity index (χ2v) is 5.86. The van der Waals surface area contributed by atoms with E-state index in [1.807, 2.05) is 6.92 Å². The highest BCUT2D eigenvalue weighted by molar-refractivity contribution is 5.79. The minimum Gasteiger partial charge on any atom is -0.349 e. The maximum absolute atomic E-state index is 12.2. The Morgan fingerprint density at radius 3 is 2.68 bits per heavy atom. The van der Waals surface area contributed by atoms with Gasteiger partial charge in [0.05, 0.1) is 6.04 Å². The minimum absolute atomic E-state index is 0.0601. The first-order valence-corrected chi connectivity index (χ1v) is 7.10. The zero-order valence-electron chi connectivity index (χ0n) is 12.1. The summed E-state index contributed by atoms with van der Waals surface area (Å²) in [6, 6.07) is 6.62. The summed E-state index contributed by atoms with van der Waals surface area (Å²) < 4.78 is 0. The smallest absolute Gasteiger partial charge is 0.223 e. The molecule has 0 saturated heterocycles. The molecule has 0 heterocycles. The van der Waals surface area contributed by atoms with Gasteiger partial charge in [-0.1, -0.05) is 23.8 Å². The van der Waals surface area contributed by atoms with Crippen molar-refractivity contribution < 1.29 is 4.79 Å². The molecule has 1 fully saturated rings. The van der Waals surface area contributed by atoms with E-state index in [-0.39, 0.29) is 23.9 Å². The molecule has 1 aromatic rings. The molecule has 3 nitrogen and oxygen atoms in total. The molecule has 0 aliphatic heterocycles. The van der Waals surface area contributed by atoms with Crippen molar-refractivity contribution >= 4 is 5.91 Å². The largest absolute Gasteiger partial charge is 0.349 e. The molecule has 0 aromatic heterocycles. The molecule has 0 bridgehead atoms. The van der Waals surface area contributed by atoms with Crippen molar-refractivity contribution in [1.82, 2.24) is 5.32 Å². The van der Waals surface area contributed by atoms with Crippen LogP contribution in [0.15, 0.2) is 18.2 Å². The van der Waals surface area contributed by atoms with Gasteiger partial charge >= 0.3 is 0 Å². The maximum atomic E-state index is 12.2. The van der Waals surface area contributed by atoms with Crippen LogP contribution in [0.5, 0.6) is 0 Å². The summed E-state index contributed by atoms with van der Waals surface area (Å²) in [4.78, 5) is 12.2. The minimum atomic E-state index is 0.0601. The number of hydrogen-bond donors (Lipinski definition) is 2. The van der Waals surface area contributed by atoms with E-state index >= 15 is 0 Å². The molecule has 104 valence electrons. The predicted molar refractivity (Wildman–Crippen MR) is 77.8 cm³/mol. The van der Waals surface area contributed by atoms with Crippen LogP contribution < -0.4 is 11.1 Å². The van der Waals surface area contributed by atoms with Crippen LogP contribution in [0.4, 0.5) is 0 Å². The fraction of sp³-hybridized carbons (Fsp3) is 0.562. The van der Waals surface area contributed by atoms with Crippen molar-refractivity contribution in [3.05, 3.63) is 34.9 Å². The number of nitrogens with one attached hydrogen (secondary N) is 1. The normalized spacial score (nSPS) is 24.2. The average molecular weight is 260 g/mol. The molecule has 3 unspecified atom stereocenters. The van der Waals surface area contributed by atoms with Crippen LogP contribution in [-0.4, -0.2) is 11.9 Å². The van der Waals surface area contributed by atoms with Gasteiger partial charge in [0.15, 0.2) is 0 Å². The van der Waals surface area contributed by atoms with Crippen molar-refractivity contribution in [1.29, 1.82) is 0 Å². The molecule has 0 radical (unpaired) electrons. The average Bonchev–Trinajstić information content (AvgIpc) is 2.75. The summed E-state index contributed by atoms with van der Waals surface area (Å²) in [5.74, 6) is 0.253. The molecule has 0 spiro atoms. The number of carbonyl (C=O) groups is 1. The topological polar surface area (TPSA) is 55.1 Å². The standard InChI is InChI=1S/C16H24N2O/c1-10-4-7-15(11(2)8-10)12(3)18-16(19)13-5-6-14(17)9-13/h4,7-8,12-14H,5-6,9,17H2,1-3H3,(H,18,19). The lowest BCUT2D eigenvalue weighted by atomic mass is 9.99. The Hall–Kier alpha value is -1.35. The van der Waals surface area contributed by atoms with Crippen LogP contribution >= 0.6 is 0 Å². The second-order valence-electron chi connectivity index (χ2n) is 5.86. The van der Waals surface area contributed by atoms with E-state index in [4.69, 9.17) is 5.73 Å². The highest BCUT2D eigenvalue weighted by Crippen LogP contribution is 2.26. The van der Waals surface area contributed by atoms with E-state index in [0.717, 1.165) is 19.3 Å². The fourth-order valence-electron chi connectivity index (χ4n) is 2.98. The van der Waals surface area contributed by atoms with Gasteiger partial charge in [0.25, 0.3) is 0 Å². The summed E-state index contributed by atoms with van der Waals surface area (Å²) in [6.07, 6.45) is 2.72. The summed E-state index contributed by atoms with van der Waals surface area (Å²) in [5.41, 5.74) is 9.54. The third-order valence-electron chi connectivity index (χ3n) is 4.09. The first-order chi connectivity index (χ1) is 8.97. The summed E-state index contributed by atoms with van der Waals surface area (Å²) in [5, 5.41) is 3.12. The quantitative estimate of drug-likeness (QED) is 0.877. The Balaban J connectivity index is 2.00. The number of hydrogen-bond acceptors (Lipinski definition) is 2. The lowest BCUT2D eigenvalue weighted by Gasteiger charge is -2.19. The monoisotopic (exact) mass is 260 g/mol. The van der Waals surface area contributed by atoms with Crippen LogP contribution in [0.2, 0.25) is 0 Å². The molecule has 1 saturated carbocycles. The van der Waals surface area contributed by atoms with Crippen molar-refractivity contribution in [3.63, 3.8) is 0 Å². The molecule has 3 heteroatoms. The van der Waals surface area contributed by atoms with Crippen molar-refractivity contribution in [2.75, 3.05) is 0 Å². The molecular formula is C16H24N2O. The van der Waals surface area contributed by atoms with Crippen molar-refractivity contribution in [3.8, 4) is 0 Å². The van der Waals surface area contributed by atoms with Crippen LogP contribution in [0.3, 0.4) is 0 Å². The van der Waals surface area contributed by atoms with Gasteiger partial charge in [0, 0.05) is 12.0 Å². The van der Waals surface area contributed by atoms with Crippen molar-refractivity contribution in [2.24, 2.45) is 11.7 Å². The van der Waals surface area contributed by atoms with Gasteiger partial charge in [-0.3, -0.25) is 4.79 Å². The van der Waals surface area contributed by atoms with E-state index in [0.29, 0.717) is 0 Å². The van der Waals surface area contributed by atoms with Gasteiger partial charge in [0.2, 0.25) is 5.91 Å². The van der Waals surface area contributed by atoms with Crippen LogP contribution in [-0.2, 0) is 4.79 Å². The molecule has 1 aromatic carbocycles. The number of benzene rings is 1. The number of aryl methyl sites for hydroxylation is 2. The fourth-order valence-corrected chi connectivity index (χ4v) is 2.98. The highest BCUT2D eigenvalue weighted by Gasteiger charge is 2.28. The third-order valence-corrected chi connectivity index (χ3v) is 4.09. The van der Waals surface area contributed by atoms with Crippen LogP contribution in [0, 0.1) is 19.8 Å². The third kappa shape index (κ3) is 3.35. The predicted octanol–water partition coefficient (Wildman–Crippen LogP) is 2.61. The van der Waals surface area contributed by atoms with Gasteiger partial charge in [-0.2, -0.15) is 0 Å². The van der Waals surface area contributed by atoms with Gasteiger partial charge in [-0.25, -0.2) is 0 Å². The summed E-state index contributed by atoms with van der Waals surface area (Å²) >= 11 is 0. The Morgan fingerprint density at radius 2 is 2.11 bits per heavy atom. The van der Waals surface area contributed by atoms with Crippen molar-refractivity contribution in [2.45, 2.75) is 52.1 Å². The van der Waals surface area contributed by atoms with E-state index < -0.39 is 0 Å². The van der Waals surface area contributed by atoms with Crippen LogP contribution in [0.25, 0.3) is 0 Å². The second kappa shape index (κ2) is 5.74. The number of nitrogens with two attached hydrogens (primary N) is 1. The zero-order chi connectivity index (χ0) is 14.0. The first-order valence-electron chi connectivity index (χ1n) is 7.10. The highest BCUT2D eigenvalue weighted by atomic mass is 16.1. The van der Waals surface area contributed by atoms with E-state index in [2.05, 4.69) is 37.4 Å². The molecule has 3 atom stereocenters. The number of carbonyl (C=O) groups excluding carboxylic acids is 1. The lowest BCUT2D eigenvalue weighted by Crippen LogP contribution is -2.32. The summed E-state index contributed by atoms with van der Waals surface area (Å²) in [6.45, 7) is 6.22. The first kappa shape index (κ1) is 14.1. The van der Waals surface area contributed by atoms with Gasteiger partial charge < -0.3 is 11.1 Å². The Labute approximate surface area is 115 Å². The van der Waals surface area contributed by atoms with Gasteiger partial charge in [-0.15, -0.1) is 0 Å². The zero-order valence-corrected chi connectivity index (χ0v) is 12.1.